The summed E-state index contributed by atoms with van der Waals surface area (Å²) in [7, 11) is -3.92. The predicted molar refractivity (Wildman–Crippen MR) is 137 cm³/mol. The summed E-state index contributed by atoms with van der Waals surface area (Å²) in [5.41, 5.74) is 2.61. The van der Waals surface area contributed by atoms with E-state index in [1.807, 2.05) is 31.2 Å². The lowest BCUT2D eigenvalue weighted by atomic mass is 9.97. The Morgan fingerprint density at radius 2 is 1.70 bits per heavy atom. The Morgan fingerprint density at radius 3 is 2.33 bits per heavy atom. The van der Waals surface area contributed by atoms with Gasteiger partial charge in [-0.3, -0.25) is 9.10 Å². The van der Waals surface area contributed by atoms with E-state index >= 15 is 0 Å². The maximum atomic E-state index is 13.5. The van der Waals surface area contributed by atoms with E-state index in [9.17, 15) is 13.2 Å². The van der Waals surface area contributed by atoms with Crippen molar-refractivity contribution in [1.29, 1.82) is 0 Å². The fourth-order valence-corrected chi connectivity index (χ4v) is 5.34. The van der Waals surface area contributed by atoms with E-state index in [4.69, 9.17) is 0 Å². The third-order valence-electron chi connectivity index (χ3n) is 5.52. The molecular weight excluding hydrogens is 500 g/mol. The van der Waals surface area contributed by atoms with Crippen molar-refractivity contribution in [1.82, 2.24) is 5.32 Å². The van der Waals surface area contributed by atoms with Gasteiger partial charge in [0, 0.05) is 11.0 Å². The van der Waals surface area contributed by atoms with Gasteiger partial charge in [0.25, 0.3) is 10.0 Å². The summed E-state index contributed by atoms with van der Waals surface area (Å²) in [6, 6.07) is 23.7. The first kappa shape index (κ1) is 25.0. The minimum Gasteiger partial charge on any atom is -0.354 e. The van der Waals surface area contributed by atoms with Crippen molar-refractivity contribution in [3.05, 3.63) is 94.5 Å². The molecular formula is C26H29BrN2O3S. The summed E-state index contributed by atoms with van der Waals surface area (Å²) in [6.45, 7) is 4.18. The largest absolute Gasteiger partial charge is 0.354 e. The van der Waals surface area contributed by atoms with Gasteiger partial charge < -0.3 is 5.32 Å². The molecule has 0 aromatic heterocycles. The lowest BCUT2D eigenvalue weighted by Gasteiger charge is -2.25. The van der Waals surface area contributed by atoms with Gasteiger partial charge in [-0.1, -0.05) is 83.4 Å². The number of rotatable bonds is 10. The maximum absolute atomic E-state index is 13.5. The van der Waals surface area contributed by atoms with E-state index in [2.05, 4.69) is 40.3 Å². The number of anilines is 1. The highest BCUT2D eigenvalue weighted by molar-refractivity contribution is 9.10. The quantitative estimate of drug-likeness (QED) is 0.386. The number of hydrogen-bond acceptors (Lipinski definition) is 3. The second-order valence-electron chi connectivity index (χ2n) is 8.07. The molecule has 0 aliphatic heterocycles. The number of aryl methyl sites for hydroxylation is 1. The number of nitrogens with zero attached hydrogens (tertiary/aromatic N) is 1. The first-order valence-corrected chi connectivity index (χ1v) is 13.2. The number of carbonyl (C=O) groups is 1. The Balaban J connectivity index is 1.77. The molecule has 7 heteroatoms. The van der Waals surface area contributed by atoms with Crippen LogP contribution in [-0.2, 0) is 21.2 Å². The van der Waals surface area contributed by atoms with Crippen LogP contribution in [0.15, 0.2) is 88.2 Å². The van der Waals surface area contributed by atoms with Crippen LogP contribution in [0.1, 0.15) is 24.5 Å². The molecule has 1 unspecified atom stereocenters. The third-order valence-corrected chi connectivity index (χ3v) is 7.81. The highest BCUT2D eigenvalue weighted by atomic mass is 79.9. The Morgan fingerprint density at radius 1 is 1.00 bits per heavy atom. The summed E-state index contributed by atoms with van der Waals surface area (Å²) in [5, 5.41) is 2.94. The zero-order valence-corrected chi connectivity index (χ0v) is 21.3. The average Bonchev–Trinajstić information content (AvgIpc) is 2.81. The predicted octanol–water partition coefficient (Wildman–Crippen LogP) is 5.34. The minimum atomic E-state index is -3.92. The second-order valence-corrected chi connectivity index (χ2v) is 10.9. The molecule has 0 bridgehead atoms. The normalized spacial score (nSPS) is 12.2. The van der Waals surface area contributed by atoms with Crippen LogP contribution in [0, 0.1) is 12.8 Å². The zero-order chi connectivity index (χ0) is 23.8. The Labute approximate surface area is 205 Å². The summed E-state index contributed by atoms with van der Waals surface area (Å²) >= 11 is 3.40. The van der Waals surface area contributed by atoms with Crippen molar-refractivity contribution in [3.63, 3.8) is 0 Å². The third kappa shape index (κ3) is 6.92. The monoisotopic (exact) mass is 528 g/mol. The van der Waals surface area contributed by atoms with Crippen LogP contribution < -0.4 is 9.62 Å². The zero-order valence-electron chi connectivity index (χ0n) is 18.9. The number of hydrogen-bond donors (Lipinski definition) is 1. The molecule has 0 saturated heterocycles. The van der Waals surface area contributed by atoms with E-state index in [1.165, 1.54) is 5.56 Å². The summed E-state index contributed by atoms with van der Waals surface area (Å²) in [4.78, 5) is 13.0. The van der Waals surface area contributed by atoms with E-state index in [0.29, 0.717) is 12.2 Å². The topological polar surface area (TPSA) is 66.5 Å². The summed E-state index contributed by atoms with van der Waals surface area (Å²) in [5.74, 6) is -0.0680. The first-order valence-electron chi connectivity index (χ1n) is 10.9. The second kappa shape index (κ2) is 11.5. The molecule has 0 radical (unpaired) electrons. The molecule has 1 amide bonds. The molecule has 174 valence electrons. The molecule has 0 fully saturated rings. The lowest BCUT2D eigenvalue weighted by molar-refractivity contribution is -0.119. The molecule has 5 nitrogen and oxygen atoms in total. The number of benzene rings is 3. The number of halogens is 1. The fourth-order valence-electron chi connectivity index (χ4n) is 3.54. The van der Waals surface area contributed by atoms with Crippen molar-refractivity contribution in [2.45, 2.75) is 31.6 Å². The van der Waals surface area contributed by atoms with Crippen LogP contribution in [-0.4, -0.2) is 27.4 Å². The highest BCUT2D eigenvalue weighted by Crippen LogP contribution is 2.26. The molecule has 0 heterocycles. The molecule has 3 rings (SSSR count). The first-order chi connectivity index (χ1) is 15.8. The van der Waals surface area contributed by atoms with Gasteiger partial charge in [-0.05, 0) is 55.2 Å². The standard InChI is InChI=1S/C26H29BrN2O3S/c1-3-21(16-22-8-5-4-6-9-22)18-28-26(30)19-29(24-11-7-10-23(27)17-24)33(31,32)25-14-12-20(2)13-15-25/h4-15,17,21H,3,16,18-19H2,1-2H3,(H,28,30). The van der Waals surface area contributed by atoms with Crippen LogP contribution in [0.5, 0.6) is 0 Å². The van der Waals surface area contributed by atoms with E-state index in [0.717, 1.165) is 27.2 Å². The summed E-state index contributed by atoms with van der Waals surface area (Å²) in [6.07, 6.45) is 1.76. The van der Waals surface area contributed by atoms with Gasteiger partial charge in [0.1, 0.15) is 6.54 Å². The highest BCUT2D eigenvalue weighted by Gasteiger charge is 2.27. The minimum absolute atomic E-state index is 0.149. The van der Waals surface area contributed by atoms with Crippen LogP contribution in [0.4, 0.5) is 5.69 Å². The SMILES string of the molecule is CCC(CNC(=O)CN(c1cccc(Br)c1)S(=O)(=O)c1ccc(C)cc1)Cc1ccccc1. The molecule has 0 spiro atoms. The van der Waals surface area contributed by atoms with Crippen LogP contribution in [0.2, 0.25) is 0 Å². The van der Waals surface area contributed by atoms with Gasteiger partial charge >= 0.3 is 0 Å². The summed E-state index contributed by atoms with van der Waals surface area (Å²) < 4.78 is 28.8. The molecule has 3 aromatic rings. The lowest BCUT2D eigenvalue weighted by Crippen LogP contribution is -2.42. The number of nitrogens with one attached hydrogen (secondary N) is 1. The number of sulfonamides is 1. The van der Waals surface area contributed by atoms with Crippen molar-refractivity contribution in [3.8, 4) is 0 Å². The smallest absolute Gasteiger partial charge is 0.264 e. The molecule has 0 aliphatic rings. The molecule has 0 aliphatic carbocycles. The maximum Gasteiger partial charge on any atom is 0.264 e. The van der Waals surface area contributed by atoms with Gasteiger partial charge in [-0.2, -0.15) is 0 Å². The Bertz CT molecular complexity index is 1170. The molecule has 1 atom stereocenters. The van der Waals surface area contributed by atoms with Gasteiger partial charge in [0.2, 0.25) is 5.91 Å². The van der Waals surface area contributed by atoms with Gasteiger partial charge in [-0.15, -0.1) is 0 Å². The molecule has 0 saturated carbocycles. The Hall–Kier alpha value is -2.64. The van der Waals surface area contributed by atoms with Crippen LogP contribution >= 0.6 is 15.9 Å². The van der Waals surface area contributed by atoms with Crippen molar-refractivity contribution in [2.24, 2.45) is 5.92 Å². The van der Waals surface area contributed by atoms with Crippen LogP contribution in [0.3, 0.4) is 0 Å². The van der Waals surface area contributed by atoms with Crippen LogP contribution in [0.25, 0.3) is 0 Å². The molecule has 1 N–H and O–H groups in total. The Kier molecular flexibility index (Phi) is 8.69. The van der Waals surface area contributed by atoms with Gasteiger partial charge in [-0.25, -0.2) is 8.42 Å². The van der Waals surface area contributed by atoms with Crippen molar-refractivity contribution in [2.75, 3.05) is 17.4 Å². The fraction of sp³-hybridized carbons (Fsp3) is 0.269. The molecule has 33 heavy (non-hydrogen) atoms. The number of amides is 1. The van der Waals surface area contributed by atoms with Crippen molar-refractivity contribution < 1.29 is 13.2 Å². The average molecular weight is 530 g/mol. The van der Waals surface area contributed by atoms with E-state index in [1.54, 1.807) is 42.5 Å². The molecule has 3 aromatic carbocycles. The van der Waals surface area contributed by atoms with E-state index in [-0.39, 0.29) is 23.3 Å². The van der Waals surface area contributed by atoms with E-state index < -0.39 is 10.0 Å². The number of carbonyl (C=O) groups excluding carboxylic acids is 1. The van der Waals surface area contributed by atoms with Gasteiger partial charge in [0.05, 0.1) is 10.6 Å². The van der Waals surface area contributed by atoms with Crippen molar-refractivity contribution >= 4 is 37.5 Å². The van der Waals surface area contributed by atoms with Gasteiger partial charge in [0.15, 0.2) is 0 Å².